The highest BCUT2D eigenvalue weighted by molar-refractivity contribution is 5.93. The van der Waals surface area contributed by atoms with Gasteiger partial charge in [-0.2, -0.15) is 5.10 Å². The monoisotopic (exact) mass is 412 g/mol. The van der Waals surface area contributed by atoms with Crippen LogP contribution < -0.4 is 5.32 Å². The first-order valence-corrected chi connectivity index (χ1v) is 10.5. The van der Waals surface area contributed by atoms with E-state index in [-0.39, 0.29) is 11.8 Å². The summed E-state index contributed by atoms with van der Waals surface area (Å²) in [5, 5.41) is 7.82. The predicted octanol–water partition coefficient (Wildman–Crippen LogP) is 1.80. The number of carbonyl (C=O) groups is 2. The van der Waals surface area contributed by atoms with Gasteiger partial charge >= 0.3 is 0 Å². The fourth-order valence-corrected chi connectivity index (χ4v) is 3.79. The molecule has 0 spiro atoms. The third-order valence-corrected chi connectivity index (χ3v) is 5.50. The molecule has 1 saturated heterocycles. The van der Waals surface area contributed by atoms with Crippen molar-refractivity contribution in [3.8, 4) is 0 Å². The number of hydrogen-bond acceptors (Lipinski definition) is 5. The lowest BCUT2D eigenvalue weighted by Crippen LogP contribution is -2.36. The molecular formula is C22H32N6O2. The van der Waals surface area contributed by atoms with Gasteiger partial charge < -0.3 is 15.1 Å². The van der Waals surface area contributed by atoms with Crippen molar-refractivity contribution < 1.29 is 9.59 Å². The molecule has 1 fully saturated rings. The zero-order valence-electron chi connectivity index (χ0n) is 18.4. The highest BCUT2D eigenvalue weighted by Gasteiger charge is 2.24. The maximum atomic E-state index is 12.3. The van der Waals surface area contributed by atoms with Crippen LogP contribution in [0.1, 0.15) is 53.1 Å². The van der Waals surface area contributed by atoms with Crippen molar-refractivity contribution in [1.29, 1.82) is 0 Å². The number of amides is 2. The van der Waals surface area contributed by atoms with Gasteiger partial charge in [-0.15, -0.1) is 0 Å². The first-order chi connectivity index (χ1) is 14.3. The minimum atomic E-state index is -0.124. The number of nitrogens with one attached hydrogen (secondary N) is 1. The van der Waals surface area contributed by atoms with Gasteiger partial charge in [-0.25, -0.2) is 0 Å². The Balaban J connectivity index is 1.62. The van der Waals surface area contributed by atoms with Crippen LogP contribution in [0.15, 0.2) is 24.4 Å². The molecule has 0 radical (unpaired) electrons. The summed E-state index contributed by atoms with van der Waals surface area (Å²) in [6.45, 7) is 7.00. The quantitative estimate of drug-likeness (QED) is 0.750. The van der Waals surface area contributed by atoms with Crippen molar-refractivity contribution in [2.45, 2.75) is 45.7 Å². The maximum absolute atomic E-state index is 12.3. The Morgan fingerprint density at radius 2 is 1.97 bits per heavy atom. The van der Waals surface area contributed by atoms with Gasteiger partial charge in [0.1, 0.15) is 0 Å². The number of rotatable bonds is 7. The molecule has 0 saturated carbocycles. The van der Waals surface area contributed by atoms with Gasteiger partial charge in [-0.3, -0.25) is 19.3 Å². The molecule has 0 atom stereocenters. The minimum Gasteiger partial charge on any atom is -0.350 e. The average Bonchev–Trinajstić information content (AvgIpc) is 3.10. The van der Waals surface area contributed by atoms with Crippen molar-refractivity contribution in [2.24, 2.45) is 0 Å². The standard InChI is InChI=1S/C22H32N6O2/c1-16-5-6-19(14-24-16)22(30)23-9-12-28-20(15-26(3)4)13-21(25-28)18-7-10-27(11-8-18)17(2)29/h5-6,13-14,18H,7-12,15H2,1-4H3,(H,23,30). The van der Waals surface area contributed by atoms with E-state index in [0.29, 0.717) is 24.6 Å². The first-order valence-electron chi connectivity index (χ1n) is 10.5. The Morgan fingerprint density at radius 3 is 2.57 bits per heavy atom. The fourth-order valence-electron chi connectivity index (χ4n) is 3.79. The summed E-state index contributed by atoms with van der Waals surface area (Å²) in [7, 11) is 4.07. The first kappa shape index (κ1) is 22.0. The Labute approximate surface area is 178 Å². The zero-order chi connectivity index (χ0) is 21.7. The number of hydrogen-bond donors (Lipinski definition) is 1. The van der Waals surface area contributed by atoms with Crippen molar-refractivity contribution >= 4 is 11.8 Å². The van der Waals surface area contributed by atoms with E-state index >= 15 is 0 Å². The highest BCUT2D eigenvalue weighted by atomic mass is 16.2. The molecule has 1 aliphatic heterocycles. The number of carbonyl (C=O) groups excluding carboxylic acids is 2. The topological polar surface area (TPSA) is 83.4 Å². The highest BCUT2D eigenvalue weighted by Crippen LogP contribution is 2.28. The van der Waals surface area contributed by atoms with Crippen LogP contribution in [0.3, 0.4) is 0 Å². The summed E-state index contributed by atoms with van der Waals surface area (Å²) in [4.78, 5) is 32.1. The van der Waals surface area contributed by atoms with E-state index in [1.807, 2.05) is 36.7 Å². The van der Waals surface area contributed by atoms with Gasteiger partial charge in [0.2, 0.25) is 5.91 Å². The lowest BCUT2D eigenvalue weighted by atomic mass is 9.93. The van der Waals surface area contributed by atoms with E-state index in [0.717, 1.165) is 49.6 Å². The lowest BCUT2D eigenvalue weighted by molar-refractivity contribution is -0.129. The van der Waals surface area contributed by atoms with Gasteiger partial charge in [-0.1, -0.05) is 0 Å². The van der Waals surface area contributed by atoms with Crippen LogP contribution in [0.2, 0.25) is 0 Å². The Bertz CT molecular complexity index is 866. The van der Waals surface area contributed by atoms with Gasteiger partial charge in [0, 0.05) is 50.9 Å². The summed E-state index contributed by atoms with van der Waals surface area (Å²) in [6.07, 6.45) is 3.48. The number of pyridine rings is 1. The molecular weight excluding hydrogens is 380 g/mol. The lowest BCUT2D eigenvalue weighted by Gasteiger charge is -2.30. The molecule has 2 amide bonds. The molecule has 1 aliphatic rings. The van der Waals surface area contributed by atoms with Crippen LogP contribution in [-0.4, -0.2) is 70.1 Å². The molecule has 0 aliphatic carbocycles. The minimum absolute atomic E-state index is 0.124. The number of aromatic nitrogens is 3. The summed E-state index contributed by atoms with van der Waals surface area (Å²) in [6, 6.07) is 5.80. The fraction of sp³-hybridized carbons (Fsp3) is 0.545. The van der Waals surface area contributed by atoms with Crippen LogP contribution in [0.25, 0.3) is 0 Å². The van der Waals surface area contributed by atoms with E-state index in [1.54, 1.807) is 19.2 Å². The van der Waals surface area contributed by atoms with Crippen LogP contribution >= 0.6 is 0 Å². The largest absolute Gasteiger partial charge is 0.350 e. The summed E-state index contributed by atoms with van der Waals surface area (Å²) < 4.78 is 2.00. The van der Waals surface area contributed by atoms with E-state index in [4.69, 9.17) is 5.10 Å². The van der Waals surface area contributed by atoms with Crippen molar-refractivity contribution in [3.63, 3.8) is 0 Å². The summed E-state index contributed by atoms with van der Waals surface area (Å²) in [5.41, 5.74) is 3.67. The zero-order valence-corrected chi connectivity index (χ0v) is 18.4. The Kier molecular flexibility index (Phi) is 7.20. The number of piperidine rings is 1. The van der Waals surface area contributed by atoms with E-state index in [1.165, 1.54) is 0 Å². The van der Waals surface area contributed by atoms with Crippen LogP contribution in [0.5, 0.6) is 0 Å². The van der Waals surface area contributed by atoms with E-state index in [9.17, 15) is 9.59 Å². The second-order valence-electron chi connectivity index (χ2n) is 8.25. The van der Waals surface area contributed by atoms with Crippen LogP contribution in [0, 0.1) is 6.92 Å². The molecule has 1 N–H and O–H groups in total. The molecule has 0 bridgehead atoms. The molecule has 0 unspecified atom stereocenters. The average molecular weight is 413 g/mol. The third-order valence-electron chi connectivity index (χ3n) is 5.50. The third kappa shape index (κ3) is 5.66. The van der Waals surface area contributed by atoms with Gasteiger partial charge in [0.05, 0.1) is 23.5 Å². The molecule has 8 nitrogen and oxygen atoms in total. The van der Waals surface area contributed by atoms with E-state index < -0.39 is 0 Å². The molecule has 0 aromatic carbocycles. The summed E-state index contributed by atoms with van der Waals surface area (Å²) >= 11 is 0. The van der Waals surface area contributed by atoms with Gasteiger partial charge in [0.15, 0.2) is 0 Å². The van der Waals surface area contributed by atoms with Crippen molar-refractivity contribution in [1.82, 2.24) is 29.9 Å². The molecule has 8 heteroatoms. The van der Waals surface area contributed by atoms with E-state index in [2.05, 4.69) is 21.3 Å². The summed E-state index contributed by atoms with van der Waals surface area (Å²) in [5.74, 6) is 0.392. The van der Waals surface area contributed by atoms with Crippen molar-refractivity contribution in [2.75, 3.05) is 33.7 Å². The van der Waals surface area contributed by atoms with Gasteiger partial charge in [0.25, 0.3) is 5.91 Å². The predicted molar refractivity (Wildman–Crippen MR) is 115 cm³/mol. The maximum Gasteiger partial charge on any atom is 0.252 e. The smallest absolute Gasteiger partial charge is 0.252 e. The molecule has 3 heterocycles. The second-order valence-corrected chi connectivity index (χ2v) is 8.25. The number of likely N-dealkylation sites (tertiary alicyclic amines) is 1. The van der Waals surface area contributed by atoms with Crippen LogP contribution in [-0.2, 0) is 17.9 Å². The second kappa shape index (κ2) is 9.84. The number of nitrogens with zero attached hydrogens (tertiary/aromatic N) is 5. The van der Waals surface area contributed by atoms with Crippen LogP contribution in [0.4, 0.5) is 0 Å². The SMILES string of the molecule is CC(=O)N1CCC(c2cc(CN(C)C)n(CCNC(=O)c3ccc(C)nc3)n2)CC1. The van der Waals surface area contributed by atoms with Crippen molar-refractivity contribution in [3.05, 3.63) is 47.0 Å². The molecule has 162 valence electrons. The Morgan fingerprint density at radius 1 is 1.23 bits per heavy atom. The molecule has 30 heavy (non-hydrogen) atoms. The van der Waals surface area contributed by atoms with Gasteiger partial charge in [-0.05, 0) is 52.1 Å². The molecule has 2 aromatic rings. The number of aryl methyl sites for hydroxylation is 1. The molecule has 3 rings (SSSR count). The Hall–Kier alpha value is -2.74. The molecule has 2 aromatic heterocycles. The normalized spacial score (nSPS) is 14.9.